The van der Waals surface area contributed by atoms with Crippen LogP contribution in [0.15, 0.2) is 18.2 Å². The van der Waals surface area contributed by atoms with Crippen LogP contribution in [0, 0.1) is 6.92 Å². The molecule has 2 heteroatoms. The molecule has 0 spiro atoms. The molecule has 0 amide bonds. The lowest BCUT2D eigenvalue weighted by Gasteiger charge is -2.13. The van der Waals surface area contributed by atoms with Crippen molar-refractivity contribution in [3.63, 3.8) is 0 Å². The summed E-state index contributed by atoms with van der Waals surface area (Å²) in [5.74, 6) is 1.62. The standard InChI is InChI=1S/C18H29NO/c1-15(2)18-9-8-17(14-16(18)3)20-13-7-6-12-19-10-4-5-11-19/h8-9,14-15H,4-7,10-13H2,1-3H3/p+1. The van der Waals surface area contributed by atoms with Crippen LogP contribution in [0.1, 0.15) is 56.6 Å². The van der Waals surface area contributed by atoms with Crippen LogP contribution < -0.4 is 9.64 Å². The van der Waals surface area contributed by atoms with Gasteiger partial charge in [0.05, 0.1) is 26.2 Å². The van der Waals surface area contributed by atoms with E-state index in [1.54, 1.807) is 4.90 Å². The van der Waals surface area contributed by atoms with E-state index in [0.717, 1.165) is 12.4 Å². The maximum absolute atomic E-state index is 5.88. The van der Waals surface area contributed by atoms with Crippen LogP contribution in [0.5, 0.6) is 5.75 Å². The molecule has 1 N–H and O–H groups in total. The van der Waals surface area contributed by atoms with Gasteiger partial charge < -0.3 is 9.64 Å². The Kier molecular flexibility index (Phi) is 5.90. The first kappa shape index (κ1) is 15.4. The van der Waals surface area contributed by atoms with Crippen molar-refractivity contribution in [3.05, 3.63) is 29.3 Å². The van der Waals surface area contributed by atoms with Gasteiger partial charge in [0.1, 0.15) is 5.75 Å². The minimum Gasteiger partial charge on any atom is -0.494 e. The van der Waals surface area contributed by atoms with Gasteiger partial charge in [0.2, 0.25) is 0 Å². The Bertz CT molecular complexity index is 408. The molecule has 20 heavy (non-hydrogen) atoms. The molecule has 1 aliphatic heterocycles. The monoisotopic (exact) mass is 276 g/mol. The zero-order chi connectivity index (χ0) is 14.4. The van der Waals surface area contributed by atoms with Crippen LogP contribution in [0.25, 0.3) is 0 Å². The fourth-order valence-electron chi connectivity index (χ4n) is 3.18. The van der Waals surface area contributed by atoms with Crippen molar-refractivity contribution >= 4 is 0 Å². The normalized spacial score (nSPS) is 16.0. The van der Waals surface area contributed by atoms with Crippen molar-refractivity contribution in [2.24, 2.45) is 0 Å². The molecular weight excluding hydrogens is 246 g/mol. The fourth-order valence-corrected chi connectivity index (χ4v) is 3.18. The first-order valence-corrected chi connectivity index (χ1v) is 8.23. The van der Waals surface area contributed by atoms with E-state index in [4.69, 9.17) is 4.74 Å². The molecule has 0 radical (unpaired) electrons. The highest BCUT2D eigenvalue weighted by Crippen LogP contribution is 2.23. The van der Waals surface area contributed by atoms with Crippen LogP contribution in [0.4, 0.5) is 0 Å². The number of hydrogen-bond acceptors (Lipinski definition) is 1. The third-order valence-electron chi connectivity index (χ3n) is 4.37. The number of nitrogens with one attached hydrogen (secondary N) is 1. The molecule has 0 unspecified atom stereocenters. The average Bonchev–Trinajstić information content (AvgIpc) is 2.91. The third kappa shape index (κ3) is 4.52. The van der Waals surface area contributed by atoms with Gasteiger partial charge in [0.25, 0.3) is 0 Å². The van der Waals surface area contributed by atoms with E-state index in [1.165, 1.54) is 56.4 Å². The maximum atomic E-state index is 5.88. The van der Waals surface area contributed by atoms with Gasteiger partial charge in [-0.15, -0.1) is 0 Å². The molecule has 1 aliphatic rings. The molecule has 1 aromatic carbocycles. The highest BCUT2D eigenvalue weighted by Gasteiger charge is 2.13. The van der Waals surface area contributed by atoms with Crippen molar-refractivity contribution in [2.45, 2.75) is 52.4 Å². The van der Waals surface area contributed by atoms with Gasteiger partial charge >= 0.3 is 0 Å². The molecule has 0 atom stereocenters. The Morgan fingerprint density at radius 1 is 1.15 bits per heavy atom. The van der Waals surface area contributed by atoms with E-state index in [0.29, 0.717) is 5.92 Å². The molecule has 0 bridgehead atoms. The summed E-state index contributed by atoms with van der Waals surface area (Å²) in [7, 11) is 0. The van der Waals surface area contributed by atoms with E-state index in [2.05, 4.69) is 39.0 Å². The molecule has 0 aliphatic carbocycles. The van der Waals surface area contributed by atoms with E-state index in [1.807, 2.05) is 0 Å². The zero-order valence-electron chi connectivity index (χ0n) is 13.4. The molecule has 1 aromatic rings. The van der Waals surface area contributed by atoms with Gasteiger partial charge in [0, 0.05) is 12.8 Å². The van der Waals surface area contributed by atoms with Crippen molar-refractivity contribution in [1.82, 2.24) is 0 Å². The largest absolute Gasteiger partial charge is 0.494 e. The lowest BCUT2D eigenvalue weighted by Crippen LogP contribution is -3.09. The number of unbranched alkanes of at least 4 members (excludes halogenated alkanes) is 1. The van der Waals surface area contributed by atoms with E-state index < -0.39 is 0 Å². The summed E-state index contributed by atoms with van der Waals surface area (Å²) in [5, 5.41) is 0. The zero-order valence-corrected chi connectivity index (χ0v) is 13.4. The second kappa shape index (κ2) is 7.68. The Balaban J connectivity index is 1.67. The van der Waals surface area contributed by atoms with Crippen LogP contribution >= 0.6 is 0 Å². The van der Waals surface area contributed by atoms with Gasteiger partial charge in [-0.05, 0) is 48.9 Å². The molecule has 0 saturated carbocycles. The van der Waals surface area contributed by atoms with E-state index in [9.17, 15) is 0 Å². The number of aryl methyl sites for hydroxylation is 1. The second-order valence-corrected chi connectivity index (χ2v) is 6.44. The lowest BCUT2D eigenvalue weighted by molar-refractivity contribution is -0.887. The van der Waals surface area contributed by atoms with Crippen molar-refractivity contribution < 1.29 is 9.64 Å². The minimum atomic E-state index is 0.590. The third-order valence-corrected chi connectivity index (χ3v) is 4.37. The Morgan fingerprint density at radius 2 is 1.90 bits per heavy atom. The molecular formula is C18H30NO+. The topological polar surface area (TPSA) is 13.7 Å². The van der Waals surface area contributed by atoms with Gasteiger partial charge in [-0.3, -0.25) is 0 Å². The summed E-state index contributed by atoms with van der Waals surface area (Å²) in [4.78, 5) is 1.79. The first-order chi connectivity index (χ1) is 9.66. The summed E-state index contributed by atoms with van der Waals surface area (Å²) >= 11 is 0. The Hall–Kier alpha value is -1.02. The Morgan fingerprint density at radius 3 is 2.55 bits per heavy atom. The van der Waals surface area contributed by atoms with Crippen molar-refractivity contribution in [1.29, 1.82) is 0 Å². The highest BCUT2D eigenvalue weighted by atomic mass is 16.5. The Labute approximate surface area is 124 Å². The molecule has 1 heterocycles. The van der Waals surface area contributed by atoms with Gasteiger partial charge in [-0.2, -0.15) is 0 Å². The van der Waals surface area contributed by atoms with Gasteiger partial charge in [-0.1, -0.05) is 19.9 Å². The molecule has 1 saturated heterocycles. The smallest absolute Gasteiger partial charge is 0.119 e. The maximum Gasteiger partial charge on any atom is 0.119 e. The fraction of sp³-hybridized carbons (Fsp3) is 0.667. The average molecular weight is 276 g/mol. The number of benzene rings is 1. The number of quaternary nitrogens is 1. The van der Waals surface area contributed by atoms with Crippen LogP contribution in [-0.4, -0.2) is 26.2 Å². The first-order valence-electron chi connectivity index (χ1n) is 8.23. The molecule has 0 aromatic heterocycles. The van der Waals surface area contributed by atoms with Gasteiger partial charge in [-0.25, -0.2) is 0 Å². The van der Waals surface area contributed by atoms with E-state index >= 15 is 0 Å². The number of likely N-dealkylation sites (tertiary alicyclic amines) is 1. The minimum absolute atomic E-state index is 0.590. The van der Waals surface area contributed by atoms with Gasteiger partial charge in [0.15, 0.2) is 0 Å². The summed E-state index contributed by atoms with van der Waals surface area (Å²) in [6.07, 6.45) is 5.31. The SMILES string of the molecule is Cc1cc(OCCCC[NH+]2CCCC2)ccc1C(C)C. The predicted molar refractivity (Wildman–Crippen MR) is 84.8 cm³/mol. The summed E-state index contributed by atoms with van der Waals surface area (Å²) in [5.41, 5.74) is 2.77. The van der Waals surface area contributed by atoms with Crippen molar-refractivity contribution in [3.8, 4) is 5.75 Å². The number of rotatable bonds is 7. The van der Waals surface area contributed by atoms with Crippen LogP contribution in [0.3, 0.4) is 0 Å². The highest BCUT2D eigenvalue weighted by molar-refractivity contribution is 5.36. The molecule has 2 rings (SSSR count). The molecule has 1 fully saturated rings. The number of ether oxygens (including phenoxy) is 1. The molecule has 2 nitrogen and oxygen atoms in total. The quantitative estimate of drug-likeness (QED) is 0.756. The van der Waals surface area contributed by atoms with Crippen molar-refractivity contribution in [2.75, 3.05) is 26.2 Å². The lowest BCUT2D eigenvalue weighted by atomic mass is 9.98. The summed E-state index contributed by atoms with van der Waals surface area (Å²) in [6, 6.07) is 6.51. The van der Waals surface area contributed by atoms with Crippen LogP contribution in [0.2, 0.25) is 0 Å². The second-order valence-electron chi connectivity index (χ2n) is 6.44. The number of hydrogen-bond donors (Lipinski definition) is 1. The summed E-state index contributed by atoms with van der Waals surface area (Å²) in [6.45, 7) is 11.6. The van der Waals surface area contributed by atoms with E-state index in [-0.39, 0.29) is 0 Å². The summed E-state index contributed by atoms with van der Waals surface area (Å²) < 4.78 is 5.88. The predicted octanol–water partition coefficient (Wildman–Crippen LogP) is 2.96. The molecule has 112 valence electrons. The van der Waals surface area contributed by atoms with Crippen LogP contribution in [-0.2, 0) is 0 Å².